The van der Waals surface area contributed by atoms with Gasteiger partial charge in [0.05, 0.1) is 28.8 Å². The molecule has 0 saturated carbocycles. The maximum atomic E-state index is 9.47. The fraction of sp³-hybridized carbons (Fsp3) is 0. The van der Waals surface area contributed by atoms with Gasteiger partial charge in [0, 0.05) is 21.9 Å². The van der Waals surface area contributed by atoms with Crippen LogP contribution in [0.3, 0.4) is 0 Å². The van der Waals surface area contributed by atoms with Gasteiger partial charge in [-0.3, -0.25) is 0 Å². The van der Waals surface area contributed by atoms with Gasteiger partial charge in [-0.05, 0) is 60.6 Å². The lowest BCUT2D eigenvalue weighted by Gasteiger charge is -2.19. The van der Waals surface area contributed by atoms with Gasteiger partial charge in [-0.15, -0.1) is 0 Å². The zero-order valence-electron chi connectivity index (χ0n) is 42.8. The molecule has 0 spiro atoms. The molecule has 8 aromatic carbocycles. The zero-order chi connectivity index (χ0) is 46.6. The summed E-state index contributed by atoms with van der Waals surface area (Å²) >= 11 is 0. The molecule has 0 amide bonds. The van der Waals surface area contributed by atoms with Gasteiger partial charge in [-0.1, -0.05) is 151 Å². The van der Waals surface area contributed by atoms with Gasteiger partial charge in [-0.2, -0.15) is 0 Å². The first-order valence-electron chi connectivity index (χ1n) is 23.6. The highest BCUT2D eigenvalue weighted by Crippen LogP contribution is 2.48. The van der Waals surface area contributed by atoms with Crippen molar-refractivity contribution < 1.29 is 33.2 Å². The van der Waals surface area contributed by atoms with Gasteiger partial charge in [0.15, 0.2) is 0 Å². The van der Waals surface area contributed by atoms with Gasteiger partial charge in [0.25, 0.3) is 0 Å². The van der Waals surface area contributed by atoms with E-state index < -0.39 is 193 Å². The molecule has 0 aliphatic rings. The van der Waals surface area contributed by atoms with Gasteiger partial charge in [0.1, 0.15) is 11.2 Å². The van der Waals surface area contributed by atoms with Crippen molar-refractivity contribution in [2.75, 3.05) is 0 Å². The molecule has 0 radical (unpaired) electrons. The molecular weight excluding hydrogens is 520 g/mol. The van der Waals surface area contributed by atoms with Crippen LogP contribution in [0.25, 0.3) is 87.6 Å². The quantitative estimate of drug-likeness (QED) is 0.194. The van der Waals surface area contributed by atoms with Crippen molar-refractivity contribution in [1.29, 1.82) is 0 Å². The molecule has 9 rings (SSSR count). The fourth-order valence-electron chi connectivity index (χ4n) is 5.58. The third-order valence-electron chi connectivity index (χ3n) is 7.37. The topological polar surface area (TPSA) is 13.1 Å². The summed E-state index contributed by atoms with van der Waals surface area (Å²) in [5.74, 6) is 0. The number of benzene rings is 8. The molecular formula is C42H26O. The number of rotatable bonds is 3. The molecule has 0 fully saturated rings. The summed E-state index contributed by atoms with van der Waals surface area (Å²) < 4.78 is 196. The lowest BCUT2D eigenvalue weighted by molar-refractivity contribution is 0.670. The lowest BCUT2D eigenvalue weighted by atomic mass is 9.84. The van der Waals surface area contributed by atoms with Crippen molar-refractivity contribution in [1.82, 2.24) is 0 Å². The van der Waals surface area contributed by atoms with E-state index in [0.29, 0.717) is 0 Å². The van der Waals surface area contributed by atoms with E-state index in [1.54, 1.807) is 30.3 Å². The second kappa shape index (κ2) is 9.44. The summed E-state index contributed by atoms with van der Waals surface area (Å²) in [6, 6.07) is -8.54. The maximum absolute atomic E-state index is 9.47. The second-order valence-electron chi connectivity index (χ2n) is 9.63. The van der Waals surface area contributed by atoms with Crippen molar-refractivity contribution in [3.63, 3.8) is 0 Å². The Morgan fingerprint density at radius 2 is 0.837 bits per heavy atom. The Labute approximate surface area is 278 Å². The van der Waals surface area contributed by atoms with Crippen LogP contribution < -0.4 is 0 Å². The van der Waals surface area contributed by atoms with Crippen LogP contribution in [0.15, 0.2) is 162 Å². The minimum atomic E-state index is -0.890. The van der Waals surface area contributed by atoms with E-state index in [0.717, 1.165) is 0 Å². The molecule has 1 nitrogen and oxygen atoms in total. The fourth-order valence-corrected chi connectivity index (χ4v) is 5.58. The highest BCUT2D eigenvalue weighted by atomic mass is 16.3. The van der Waals surface area contributed by atoms with E-state index in [-0.39, 0.29) is 21.9 Å². The summed E-state index contributed by atoms with van der Waals surface area (Å²) in [4.78, 5) is 0. The van der Waals surface area contributed by atoms with Crippen LogP contribution >= 0.6 is 0 Å². The van der Waals surface area contributed by atoms with Crippen LogP contribution in [0, 0.1) is 0 Å². The first kappa shape index (κ1) is 11.2. The first-order chi connectivity index (χ1) is 30.1. The Balaban J connectivity index is 1.68. The number of para-hydroxylation sites is 2. The van der Waals surface area contributed by atoms with Crippen molar-refractivity contribution >= 4 is 54.3 Å². The van der Waals surface area contributed by atoms with Crippen molar-refractivity contribution in [2.24, 2.45) is 0 Å². The number of hydrogen-bond donors (Lipinski definition) is 0. The normalized spacial score (nSPS) is 18.6. The third kappa shape index (κ3) is 3.58. The first-order valence-corrected chi connectivity index (χ1v) is 13.1. The molecule has 0 saturated heterocycles. The smallest absolute Gasteiger partial charge is 0.143 e. The molecule has 1 heteroatoms. The average Bonchev–Trinajstić information content (AvgIpc) is 3.68. The molecule has 43 heavy (non-hydrogen) atoms. The predicted molar refractivity (Wildman–Crippen MR) is 183 cm³/mol. The van der Waals surface area contributed by atoms with Gasteiger partial charge in [0.2, 0.25) is 0 Å². The average molecular weight is 568 g/mol. The highest BCUT2D eigenvalue weighted by Gasteiger charge is 2.21. The van der Waals surface area contributed by atoms with Gasteiger partial charge in [-0.25, -0.2) is 0 Å². The molecule has 0 atom stereocenters. The second-order valence-corrected chi connectivity index (χ2v) is 9.63. The van der Waals surface area contributed by atoms with Crippen molar-refractivity contribution in [3.05, 3.63) is 157 Å². The van der Waals surface area contributed by atoms with Crippen molar-refractivity contribution in [3.8, 4) is 33.4 Å². The third-order valence-corrected chi connectivity index (χ3v) is 7.37. The highest BCUT2D eigenvalue weighted by molar-refractivity contribution is 6.26. The van der Waals surface area contributed by atoms with E-state index in [9.17, 15) is 9.60 Å². The summed E-state index contributed by atoms with van der Waals surface area (Å²) in [5.41, 5.74) is -3.11. The van der Waals surface area contributed by atoms with Gasteiger partial charge >= 0.3 is 0 Å². The van der Waals surface area contributed by atoms with Crippen LogP contribution in [-0.2, 0) is 0 Å². The van der Waals surface area contributed by atoms with Crippen LogP contribution in [0.4, 0.5) is 0 Å². The van der Waals surface area contributed by atoms with E-state index in [2.05, 4.69) is 0 Å². The minimum absolute atomic E-state index is 0.0934. The summed E-state index contributed by atoms with van der Waals surface area (Å²) in [6.45, 7) is 0. The summed E-state index contributed by atoms with van der Waals surface area (Å²) in [7, 11) is 0. The zero-order valence-corrected chi connectivity index (χ0v) is 21.8. The van der Waals surface area contributed by atoms with E-state index in [1.807, 2.05) is 0 Å². The standard InChI is InChI=1S/C42H26O/c1-2-13-27(14-3-1)28-20-10-22-30-29(28)21-11-23-32(30)40-33-16-4-6-18-35(33)41(36-19-7-5-17-34(36)40)38-25-12-24-37-31-15-8-9-26-39(31)43-42(37)38/h1-26H/i4D,5D,6D,7D,8D,9D,10D,11D,12D,15D,16D,17D,18D,19D,20D,21D,22D,23D,24D,25D,26D. The number of fused-ring (bicyclic) bond motifs is 6. The van der Waals surface area contributed by atoms with E-state index in [4.69, 9.17) is 23.6 Å². The van der Waals surface area contributed by atoms with Gasteiger partial charge < -0.3 is 4.42 Å². The molecule has 0 aliphatic heterocycles. The number of furan rings is 1. The number of hydrogen-bond acceptors (Lipinski definition) is 1. The maximum Gasteiger partial charge on any atom is 0.143 e. The monoisotopic (exact) mass is 567 g/mol. The Bertz CT molecular complexity index is 3590. The molecule has 0 aliphatic carbocycles. The molecule has 0 unspecified atom stereocenters. The molecule has 0 N–H and O–H groups in total. The van der Waals surface area contributed by atoms with E-state index >= 15 is 0 Å². The summed E-state index contributed by atoms with van der Waals surface area (Å²) in [5, 5.41) is -3.80. The largest absolute Gasteiger partial charge is 0.455 e. The van der Waals surface area contributed by atoms with Crippen LogP contribution in [-0.4, -0.2) is 0 Å². The van der Waals surface area contributed by atoms with Crippen molar-refractivity contribution in [2.45, 2.75) is 0 Å². The summed E-state index contributed by atoms with van der Waals surface area (Å²) in [6.07, 6.45) is 0. The Morgan fingerprint density at radius 3 is 1.49 bits per heavy atom. The Hall–Kier alpha value is -5.66. The Morgan fingerprint density at radius 1 is 0.372 bits per heavy atom. The molecule has 0 bridgehead atoms. The molecule has 200 valence electrons. The SMILES string of the molecule is [2H]c1c([2H])c([2H])c2c(oc3c(-c4c5c([2H])c([2H])c([2H])c([2H])c5c(-c5c([2H])c([2H])c([2H])c6c(-c7ccccc7)c([2H])c([2H])c([2H])c56)c5c([2H])c([2H])c([2H])c([2H])c45)c([2H])c([2H])c([2H])c32)c1[2H]. The van der Waals surface area contributed by atoms with Crippen LogP contribution in [0.1, 0.15) is 28.8 Å². The lowest BCUT2D eigenvalue weighted by Crippen LogP contribution is -1.92. The van der Waals surface area contributed by atoms with Crippen LogP contribution in [0.2, 0.25) is 0 Å². The van der Waals surface area contributed by atoms with Crippen LogP contribution in [0.5, 0.6) is 0 Å². The molecule has 1 aromatic heterocycles. The minimum Gasteiger partial charge on any atom is -0.455 e. The van der Waals surface area contributed by atoms with E-state index in [1.165, 1.54) is 0 Å². The molecule has 9 aromatic rings. The Kier molecular flexibility index (Phi) is 2.46. The molecule has 1 heterocycles. The predicted octanol–water partition coefficient (Wildman–Crippen LogP) is 12.0.